The molecular weight excluding hydrogens is 310 g/mol. The molecule has 0 aromatic heterocycles. The molecule has 0 radical (unpaired) electrons. The number of carbonyl (C=O) groups is 2. The minimum absolute atomic E-state index is 0.0424. The first-order valence-electron chi connectivity index (χ1n) is 9.70. The van der Waals surface area contributed by atoms with Crippen LogP contribution in [0.3, 0.4) is 0 Å². The molecule has 0 saturated carbocycles. The summed E-state index contributed by atoms with van der Waals surface area (Å²) in [7, 11) is 0. The highest BCUT2D eigenvalue weighted by molar-refractivity contribution is 6.00. The zero-order chi connectivity index (χ0) is 18.1. The molecule has 2 atom stereocenters. The van der Waals surface area contributed by atoms with Gasteiger partial charge in [0.05, 0.1) is 12.0 Å². The van der Waals surface area contributed by atoms with Crippen LogP contribution in [0.5, 0.6) is 0 Å². The van der Waals surface area contributed by atoms with Gasteiger partial charge in [-0.2, -0.15) is 5.26 Å². The Morgan fingerprint density at radius 3 is 2.68 bits per heavy atom. The van der Waals surface area contributed by atoms with E-state index in [1.807, 2.05) is 24.3 Å². The average Bonchev–Trinajstić information content (AvgIpc) is 2.63. The average molecular weight is 339 g/mol. The molecule has 0 saturated heterocycles. The molecule has 3 nitrogen and oxygen atoms in total. The smallest absolute Gasteiger partial charge is 0.167 e. The predicted molar refractivity (Wildman–Crippen MR) is 99.3 cm³/mol. The van der Waals surface area contributed by atoms with Crippen molar-refractivity contribution in [2.24, 2.45) is 11.8 Å². The number of benzene rings is 1. The van der Waals surface area contributed by atoms with E-state index in [0.717, 1.165) is 30.4 Å². The van der Waals surface area contributed by atoms with Crippen molar-refractivity contribution < 1.29 is 9.59 Å². The van der Waals surface area contributed by atoms with Crippen LogP contribution in [0.1, 0.15) is 80.6 Å². The Labute approximate surface area is 151 Å². The highest BCUT2D eigenvalue weighted by atomic mass is 16.1. The van der Waals surface area contributed by atoms with Gasteiger partial charge in [0, 0.05) is 24.3 Å². The second kappa shape index (κ2) is 10.1. The Hall–Kier alpha value is -1.95. The summed E-state index contributed by atoms with van der Waals surface area (Å²) in [6, 6.07) is 9.87. The lowest BCUT2D eigenvalue weighted by atomic mass is 9.75. The number of aryl methyl sites for hydroxylation is 1. The lowest BCUT2D eigenvalue weighted by molar-refractivity contribution is -0.120. The van der Waals surface area contributed by atoms with Crippen molar-refractivity contribution in [1.29, 1.82) is 5.26 Å². The van der Waals surface area contributed by atoms with Crippen LogP contribution in [-0.4, -0.2) is 11.6 Å². The number of hydrogen-bond acceptors (Lipinski definition) is 3. The highest BCUT2D eigenvalue weighted by Crippen LogP contribution is 2.32. The van der Waals surface area contributed by atoms with E-state index in [4.69, 9.17) is 0 Å². The largest absolute Gasteiger partial charge is 0.300 e. The van der Waals surface area contributed by atoms with Crippen molar-refractivity contribution in [3.8, 4) is 6.07 Å². The fourth-order valence-electron chi connectivity index (χ4n) is 3.73. The van der Waals surface area contributed by atoms with Gasteiger partial charge in [-0.05, 0) is 24.8 Å². The second-order valence-corrected chi connectivity index (χ2v) is 7.16. The van der Waals surface area contributed by atoms with Gasteiger partial charge in [0.15, 0.2) is 5.78 Å². The summed E-state index contributed by atoms with van der Waals surface area (Å²) >= 11 is 0. The van der Waals surface area contributed by atoms with Crippen LogP contribution in [0.15, 0.2) is 24.3 Å². The van der Waals surface area contributed by atoms with E-state index >= 15 is 0 Å². The first kappa shape index (κ1) is 19.4. The van der Waals surface area contributed by atoms with Crippen molar-refractivity contribution in [2.45, 2.75) is 71.1 Å². The Morgan fingerprint density at radius 2 is 1.92 bits per heavy atom. The van der Waals surface area contributed by atoms with Crippen LogP contribution in [0.4, 0.5) is 0 Å². The summed E-state index contributed by atoms with van der Waals surface area (Å²) in [4.78, 5) is 24.9. The molecule has 0 amide bonds. The monoisotopic (exact) mass is 339 g/mol. The van der Waals surface area contributed by atoms with Crippen LogP contribution in [0.25, 0.3) is 0 Å². The van der Waals surface area contributed by atoms with E-state index in [9.17, 15) is 14.9 Å². The molecule has 2 rings (SSSR count). The molecule has 3 heteroatoms. The number of nitrogens with zero attached hydrogens (tertiary/aromatic N) is 1. The van der Waals surface area contributed by atoms with Gasteiger partial charge in [0.25, 0.3) is 0 Å². The summed E-state index contributed by atoms with van der Waals surface area (Å²) in [6.07, 6.45) is 9.15. The molecule has 1 aromatic carbocycles. The van der Waals surface area contributed by atoms with Crippen LogP contribution in [0.2, 0.25) is 0 Å². The number of fused-ring (bicyclic) bond motifs is 1. The normalized spacial score (nSPS) is 17.6. The summed E-state index contributed by atoms with van der Waals surface area (Å²) < 4.78 is 0. The third kappa shape index (κ3) is 5.53. The van der Waals surface area contributed by atoms with Crippen molar-refractivity contribution >= 4 is 11.6 Å². The Kier molecular flexibility index (Phi) is 7.85. The van der Waals surface area contributed by atoms with Gasteiger partial charge in [-0.1, -0.05) is 63.3 Å². The number of hydrogen-bond donors (Lipinski definition) is 0. The molecule has 134 valence electrons. The number of Topliss-reactive ketones (excluding diaryl/α,β-unsaturated/α-hetero) is 2. The molecule has 0 aliphatic heterocycles. The molecule has 0 fully saturated rings. The lowest BCUT2D eigenvalue weighted by Gasteiger charge is -2.26. The summed E-state index contributed by atoms with van der Waals surface area (Å²) in [5, 5.41) is 9.51. The van der Waals surface area contributed by atoms with Gasteiger partial charge in [0.2, 0.25) is 0 Å². The first-order valence-corrected chi connectivity index (χ1v) is 9.70. The second-order valence-electron chi connectivity index (χ2n) is 7.16. The van der Waals surface area contributed by atoms with Crippen LogP contribution in [-0.2, 0) is 11.2 Å². The predicted octanol–water partition coefficient (Wildman–Crippen LogP) is 5.28. The standard InChI is InChI=1S/C22H29NO2/c1-2-3-4-5-6-7-11-19(24)15-18(16-23)21-14-13-17-10-8-9-12-20(17)22(21)25/h8-10,12,18,21H,2-7,11,13-15H2,1H3. The number of rotatable bonds is 10. The Bertz CT molecular complexity index is 629. The Morgan fingerprint density at radius 1 is 1.20 bits per heavy atom. The number of nitriles is 1. The molecule has 25 heavy (non-hydrogen) atoms. The maximum absolute atomic E-state index is 12.7. The highest BCUT2D eigenvalue weighted by Gasteiger charge is 2.34. The number of carbonyl (C=O) groups excluding carboxylic acids is 2. The molecule has 0 heterocycles. The summed E-state index contributed by atoms with van der Waals surface area (Å²) in [5.74, 6) is -0.628. The zero-order valence-electron chi connectivity index (χ0n) is 15.3. The maximum Gasteiger partial charge on any atom is 0.167 e. The topological polar surface area (TPSA) is 57.9 Å². The van der Waals surface area contributed by atoms with E-state index < -0.39 is 5.92 Å². The van der Waals surface area contributed by atoms with Gasteiger partial charge in [0.1, 0.15) is 5.78 Å². The van der Waals surface area contributed by atoms with Crippen molar-refractivity contribution in [2.75, 3.05) is 0 Å². The quantitative estimate of drug-likeness (QED) is 0.545. The number of ketones is 2. The van der Waals surface area contributed by atoms with E-state index in [-0.39, 0.29) is 23.9 Å². The maximum atomic E-state index is 12.7. The fraction of sp³-hybridized carbons (Fsp3) is 0.591. The first-order chi connectivity index (χ1) is 12.2. The van der Waals surface area contributed by atoms with Gasteiger partial charge in [-0.3, -0.25) is 9.59 Å². The van der Waals surface area contributed by atoms with E-state index in [1.165, 1.54) is 25.7 Å². The molecule has 2 unspecified atom stereocenters. The molecular formula is C22H29NO2. The molecule has 0 N–H and O–H groups in total. The summed E-state index contributed by atoms with van der Waals surface area (Å²) in [5.41, 5.74) is 1.81. The minimum atomic E-state index is -0.478. The SMILES string of the molecule is CCCCCCCCC(=O)CC(C#N)C1CCc2ccccc2C1=O. The fourth-order valence-corrected chi connectivity index (χ4v) is 3.73. The van der Waals surface area contributed by atoms with Crippen LogP contribution >= 0.6 is 0 Å². The zero-order valence-corrected chi connectivity index (χ0v) is 15.3. The van der Waals surface area contributed by atoms with E-state index in [1.54, 1.807) is 0 Å². The van der Waals surface area contributed by atoms with Gasteiger partial charge < -0.3 is 0 Å². The van der Waals surface area contributed by atoms with E-state index in [2.05, 4.69) is 13.0 Å². The van der Waals surface area contributed by atoms with Gasteiger partial charge in [-0.25, -0.2) is 0 Å². The molecule has 1 aromatic rings. The van der Waals surface area contributed by atoms with E-state index in [0.29, 0.717) is 12.8 Å². The Balaban J connectivity index is 1.83. The van der Waals surface area contributed by atoms with Crippen molar-refractivity contribution in [3.05, 3.63) is 35.4 Å². The number of unbranched alkanes of at least 4 members (excludes halogenated alkanes) is 5. The third-order valence-electron chi connectivity index (χ3n) is 5.25. The van der Waals surface area contributed by atoms with Crippen molar-refractivity contribution in [1.82, 2.24) is 0 Å². The van der Waals surface area contributed by atoms with Gasteiger partial charge >= 0.3 is 0 Å². The van der Waals surface area contributed by atoms with Crippen LogP contribution < -0.4 is 0 Å². The lowest BCUT2D eigenvalue weighted by Crippen LogP contribution is -2.30. The minimum Gasteiger partial charge on any atom is -0.300 e. The van der Waals surface area contributed by atoms with Crippen molar-refractivity contribution in [3.63, 3.8) is 0 Å². The molecule has 1 aliphatic carbocycles. The van der Waals surface area contributed by atoms with Crippen LogP contribution in [0, 0.1) is 23.2 Å². The summed E-state index contributed by atoms with van der Waals surface area (Å²) in [6.45, 7) is 2.19. The molecule has 0 spiro atoms. The van der Waals surface area contributed by atoms with Gasteiger partial charge in [-0.15, -0.1) is 0 Å². The molecule has 0 bridgehead atoms. The molecule has 1 aliphatic rings. The third-order valence-corrected chi connectivity index (χ3v) is 5.25.